The molecule has 1 saturated heterocycles. The van der Waals surface area contributed by atoms with Crippen molar-refractivity contribution in [2.75, 3.05) is 17.9 Å². The highest BCUT2D eigenvalue weighted by molar-refractivity contribution is 7.93. The molecule has 0 unspecified atom stereocenters. The Morgan fingerprint density at radius 1 is 1.12 bits per heavy atom. The molecule has 8 heteroatoms. The molecular formula is C24H26N4O3S. The highest BCUT2D eigenvalue weighted by atomic mass is 32.2. The number of nitrogens with zero attached hydrogens (tertiary/aromatic N) is 2. The van der Waals surface area contributed by atoms with E-state index in [2.05, 4.69) is 46.0 Å². The number of aromatic amines is 1. The number of hydrogen-bond donors (Lipinski definition) is 2. The largest absolute Gasteiger partial charge is 0.381 e. The van der Waals surface area contributed by atoms with Gasteiger partial charge in [-0.3, -0.25) is 4.72 Å². The van der Waals surface area contributed by atoms with Gasteiger partial charge in [0, 0.05) is 42.1 Å². The molecule has 0 saturated carbocycles. The number of nitrogens with one attached hydrogen (secondary N) is 2. The predicted octanol–water partition coefficient (Wildman–Crippen LogP) is 4.50. The zero-order valence-corrected chi connectivity index (χ0v) is 18.7. The number of H-pyrrole nitrogens is 1. The number of ether oxygens (including phenoxy) is 1. The number of benzene rings is 2. The van der Waals surface area contributed by atoms with E-state index in [1.165, 1.54) is 5.56 Å². The van der Waals surface area contributed by atoms with Crippen molar-refractivity contribution in [3.63, 3.8) is 0 Å². The number of aryl methyl sites for hydroxylation is 1. The van der Waals surface area contributed by atoms with Gasteiger partial charge in [-0.05, 0) is 54.7 Å². The van der Waals surface area contributed by atoms with Crippen molar-refractivity contribution in [3.8, 4) is 16.8 Å². The molecule has 0 amide bonds. The van der Waals surface area contributed by atoms with Crippen LogP contribution in [0.2, 0.25) is 0 Å². The first-order chi connectivity index (χ1) is 15.5. The van der Waals surface area contributed by atoms with E-state index in [0.29, 0.717) is 31.7 Å². The summed E-state index contributed by atoms with van der Waals surface area (Å²) in [6, 6.07) is 14.3. The van der Waals surface area contributed by atoms with Crippen molar-refractivity contribution in [2.45, 2.75) is 31.4 Å². The van der Waals surface area contributed by atoms with E-state index >= 15 is 0 Å². The minimum atomic E-state index is -3.48. The van der Waals surface area contributed by atoms with Gasteiger partial charge in [0.15, 0.2) is 0 Å². The summed E-state index contributed by atoms with van der Waals surface area (Å²) < 4.78 is 35.7. The lowest BCUT2D eigenvalue weighted by Crippen LogP contribution is -2.33. The van der Waals surface area contributed by atoms with Gasteiger partial charge in [-0.25, -0.2) is 13.1 Å². The predicted molar refractivity (Wildman–Crippen MR) is 127 cm³/mol. The van der Waals surface area contributed by atoms with E-state index in [9.17, 15) is 8.42 Å². The molecule has 0 radical (unpaired) electrons. The lowest BCUT2D eigenvalue weighted by Gasteiger charge is -2.22. The van der Waals surface area contributed by atoms with Crippen LogP contribution in [0.15, 0.2) is 61.1 Å². The van der Waals surface area contributed by atoms with Crippen molar-refractivity contribution in [1.29, 1.82) is 0 Å². The van der Waals surface area contributed by atoms with Crippen LogP contribution >= 0.6 is 0 Å². The van der Waals surface area contributed by atoms with Gasteiger partial charge >= 0.3 is 0 Å². The van der Waals surface area contributed by atoms with Crippen LogP contribution in [0.1, 0.15) is 25.3 Å². The molecule has 0 aliphatic carbocycles. The average Bonchev–Trinajstić information content (AvgIpc) is 3.47. The van der Waals surface area contributed by atoms with Gasteiger partial charge in [0.1, 0.15) is 0 Å². The Balaban J connectivity index is 1.43. The maximum absolute atomic E-state index is 12.9. The van der Waals surface area contributed by atoms with E-state index in [1.807, 2.05) is 35.3 Å². The van der Waals surface area contributed by atoms with E-state index in [1.54, 1.807) is 6.20 Å². The topological polar surface area (TPSA) is 89.0 Å². The Kier molecular flexibility index (Phi) is 5.48. The molecule has 0 spiro atoms. The Morgan fingerprint density at radius 2 is 1.91 bits per heavy atom. The fourth-order valence-electron chi connectivity index (χ4n) is 4.10. The molecule has 2 aromatic heterocycles. The fraction of sp³-hybridized carbons (Fsp3) is 0.292. The smallest absolute Gasteiger partial charge is 0.235 e. The molecule has 1 aliphatic rings. The van der Waals surface area contributed by atoms with Crippen molar-refractivity contribution in [2.24, 2.45) is 0 Å². The third-order valence-electron chi connectivity index (χ3n) is 6.07. The summed E-state index contributed by atoms with van der Waals surface area (Å²) in [6.07, 6.45) is 7.56. The molecule has 2 aromatic carbocycles. The second-order valence-corrected chi connectivity index (χ2v) is 10.1. The number of aromatic nitrogens is 3. The van der Waals surface area contributed by atoms with Crippen molar-refractivity contribution in [3.05, 3.63) is 66.6 Å². The highest BCUT2D eigenvalue weighted by Crippen LogP contribution is 2.31. The molecule has 0 atom stereocenters. The van der Waals surface area contributed by atoms with Gasteiger partial charge in [0.05, 0.1) is 22.8 Å². The summed E-state index contributed by atoms with van der Waals surface area (Å²) >= 11 is 0. The summed E-state index contributed by atoms with van der Waals surface area (Å²) in [5.41, 5.74) is 5.67. The zero-order chi connectivity index (χ0) is 22.1. The average molecular weight is 451 g/mol. The second kappa shape index (κ2) is 8.44. The number of hydrogen-bond acceptors (Lipinski definition) is 4. The van der Waals surface area contributed by atoms with Crippen molar-refractivity contribution < 1.29 is 13.2 Å². The Hall–Kier alpha value is -3.10. The Bertz CT molecular complexity index is 1330. The maximum Gasteiger partial charge on any atom is 0.235 e. The fourth-order valence-corrected chi connectivity index (χ4v) is 5.56. The molecule has 1 aliphatic heterocycles. The van der Waals surface area contributed by atoms with Crippen molar-refractivity contribution in [1.82, 2.24) is 14.8 Å². The Labute approximate surface area is 187 Å². The SMILES string of the molecule is CCc1ccc(-n2cc(-c3ccc4[nH]cc(NS(=O)(=O)C5CCOCC5)c4c3)cn2)cc1. The van der Waals surface area contributed by atoms with E-state index < -0.39 is 15.3 Å². The summed E-state index contributed by atoms with van der Waals surface area (Å²) in [4.78, 5) is 3.16. The van der Waals surface area contributed by atoms with Crippen LogP contribution in [-0.2, 0) is 21.2 Å². The summed E-state index contributed by atoms with van der Waals surface area (Å²) in [7, 11) is -3.48. The minimum Gasteiger partial charge on any atom is -0.381 e. The van der Waals surface area contributed by atoms with Gasteiger partial charge in [0.25, 0.3) is 0 Å². The lowest BCUT2D eigenvalue weighted by molar-refractivity contribution is 0.0984. The molecule has 3 heterocycles. The zero-order valence-electron chi connectivity index (χ0n) is 17.9. The Morgan fingerprint density at radius 3 is 2.66 bits per heavy atom. The highest BCUT2D eigenvalue weighted by Gasteiger charge is 2.28. The quantitative estimate of drug-likeness (QED) is 0.453. The normalized spacial score (nSPS) is 15.3. The third kappa shape index (κ3) is 4.03. The summed E-state index contributed by atoms with van der Waals surface area (Å²) in [5.74, 6) is 0. The summed E-state index contributed by atoms with van der Waals surface area (Å²) in [6.45, 7) is 3.10. The summed E-state index contributed by atoms with van der Waals surface area (Å²) in [5, 5.41) is 4.92. The second-order valence-electron chi connectivity index (χ2n) is 8.12. The standard InChI is InChI=1S/C24H26N4O3S/c1-2-17-3-6-20(7-4-17)28-16-19(14-26-28)18-5-8-23-22(13-18)24(15-25-23)27-32(29,30)21-9-11-31-12-10-21/h3-8,13-16,21,25,27H,2,9-12H2,1H3. The number of sulfonamides is 1. The molecule has 166 valence electrons. The maximum atomic E-state index is 12.9. The van der Waals surface area contributed by atoms with Crippen molar-refractivity contribution >= 4 is 26.6 Å². The van der Waals surface area contributed by atoms with Crippen LogP contribution in [0, 0.1) is 0 Å². The number of fused-ring (bicyclic) bond motifs is 1. The van der Waals surface area contributed by atoms with Crippen LogP contribution in [0.3, 0.4) is 0 Å². The van der Waals surface area contributed by atoms with E-state index in [4.69, 9.17) is 4.74 Å². The van der Waals surface area contributed by atoms with Gasteiger partial charge in [0.2, 0.25) is 10.0 Å². The number of rotatable bonds is 6. The molecule has 32 heavy (non-hydrogen) atoms. The molecule has 1 fully saturated rings. The van der Waals surface area contributed by atoms with Crippen LogP contribution in [-0.4, -0.2) is 41.6 Å². The molecule has 7 nitrogen and oxygen atoms in total. The molecule has 0 bridgehead atoms. The first-order valence-electron chi connectivity index (χ1n) is 10.9. The van der Waals surface area contributed by atoms with Gasteiger partial charge in [-0.2, -0.15) is 5.10 Å². The number of anilines is 1. The third-order valence-corrected chi connectivity index (χ3v) is 7.92. The van der Waals surface area contributed by atoms with Gasteiger partial charge in [-0.1, -0.05) is 25.1 Å². The van der Waals surface area contributed by atoms with Crippen LogP contribution < -0.4 is 4.72 Å². The first kappa shape index (κ1) is 20.8. The van der Waals surface area contributed by atoms with Crippen LogP contribution in [0.4, 0.5) is 5.69 Å². The minimum absolute atomic E-state index is 0.429. The van der Waals surface area contributed by atoms with Gasteiger partial charge in [-0.15, -0.1) is 0 Å². The van der Waals surface area contributed by atoms with Crippen LogP contribution in [0.5, 0.6) is 0 Å². The molecule has 5 rings (SSSR count). The molecule has 2 N–H and O–H groups in total. The first-order valence-corrected chi connectivity index (χ1v) is 12.4. The van der Waals surface area contributed by atoms with E-state index in [0.717, 1.165) is 34.1 Å². The molecular weight excluding hydrogens is 424 g/mol. The van der Waals surface area contributed by atoms with Gasteiger partial charge < -0.3 is 9.72 Å². The molecule has 4 aromatic rings. The van der Waals surface area contributed by atoms with E-state index in [-0.39, 0.29) is 0 Å². The van der Waals surface area contributed by atoms with Crippen LogP contribution in [0.25, 0.3) is 27.7 Å². The lowest BCUT2D eigenvalue weighted by atomic mass is 10.1. The monoisotopic (exact) mass is 450 g/mol.